The second-order valence-electron chi connectivity index (χ2n) is 5.80. The Morgan fingerprint density at radius 1 is 1.00 bits per heavy atom. The van der Waals surface area contributed by atoms with Gasteiger partial charge in [-0.3, -0.25) is 0 Å². The summed E-state index contributed by atoms with van der Waals surface area (Å²) in [5, 5.41) is 0. The van der Waals surface area contributed by atoms with Crippen LogP contribution in [-0.2, 0) is 0 Å². The Bertz CT molecular complexity index is 668. The van der Waals surface area contributed by atoms with Crippen LogP contribution < -0.4 is 15.2 Å². The maximum atomic E-state index is 5.79. The molecule has 2 aromatic carbocycles. The molecule has 4 rings (SSSR count). The molecule has 0 saturated carbocycles. The number of hydrogen-bond acceptors (Lipinski definition) is 3. The molecule has 0 aromatic heterocycles. The largest absolute Gasteiger partial charge is 0.454 e. The summed E-state index contributed by atoms with van der Waals surface area (Å²) in [7, 11) is 0. The average molecular weight is 281 g/mol. The van der Waals surface area contributed by atoms with E-state index in [4.69, 9.17) is 15.2 Å². The number of rotatable bonds is 3. The second kappa shape index (κ2) is 5.08. The molecule has 21 heavy (non-hydrogen) atoms. The zero-order valence-electron chi connectivity index (χ0n) is 11.9. The standard InChI is InChI=1S/C18H19NO2/c19-8-7-13-9-16(15-4-2-1-3-14(13)15)12-5-6-17-18(10-12)21-11-20-17/h1-6,10,13,16H,7-9,11,19H2/t13-,16+/m1/s1. The Morgan fingerprint density at radius 3 is 2.67 bits per heavy atom. The Kier molecular flexibility index (Phi) is 3.08. The molecule has 0 spiro atoms. The first kappa shape index (κ1) is 12.7. The van der Waals surface area contributed by atoms with Gasteiger partial charge < -0.3 is 15.2 Å². The molecule has 0 radical (unpaired) electrons. The van der Waals surface area contributed by atoms with Gasteiger partial charge in [0.25, 0.3) is 0 Å². The minimum absolute atomic E-state index is 0.329. The van der Waals surface area contributed by atoms with Gasteiger partial charge in [0.15, 0.2) is 11.5 Å². The van der Waals surface area contributed by atoms with E-state index in [0.29, 0.717) is 18.6 Å². The van der Waals surface area contributed by atoms with E-state index in [1.807, 2.05) is 6.07 Å². The molecule has 0 amide bonds. The lowest BCUT2D eigenvalue weighted by molar-refractivity contribution is 0.174. The van der Waals surface area contributed by atoms with Crippen LogP contribution in [0.2, 0.25) is 0 Å². The highest BCUT2D eigenvalue weighted by Gasteiger charge is 2.31. The highest BCUT2D eigenvalue weighted by Crippen LogP contribution is 2.48. The molecule has 1 aliphatic carbocycles. The third-order valence-electron chi connectivity index (χ3n) is 4.65. The smallest absolute Gasteiger partial charge is 0.231 e. The van der Waals surface area contributed by atoms with Crippen LogP contribution in [-0.4, -0.2) is 13.3 Å². The number of hydrogen-bond donors (Lipinski definition) is 1. The fraction of sp³-hybridized carbons (Fsp3) is 0.333. The van der Waals surface area contributed by atoms with Crippen LogP contribution in [0.4, 0.5) is 0 Å². The Morgan fingerprint density at radius 2 is 1.81 bits per heavy atom. The van der Waals surface area contributed by atoms with Crippen molar-refractivity contribution >= 4 is 0 Å². The van der Waals surface area contributed by atoms with E-state index in [9.17, 15) is 0 Å². The van der Waals surface area contributed by atoms with Crippen molar-refractivity contribution in [1.82, 2.24) is 0 Å². The highest BCUT2D eigenvalue weighted by atomic mass is 16.7. The van der Waals surface area contributed by atoms with Gasteiger partial charge in [-0.15, -0.1) is 0 Å². The minimum atomic E-state index is 0.329. The van der Waals surface area contributed by atoms with E-state index in [0.717, 1.165) is 30.9 Å². The number of nitrogens with two attached hydrogens (primary N) is 1. The van der Waals surface area contributed by atoms with Gasteiger partial charge in [0.05, 0.1) is 0 Å². The van der Waals surface area contributed by atoms with Crippen LogP contribution in [0, 0.1) is 0 Å². The molecule has 3 heteroatoms. The fourth-order valence-electron chi connectivity index (χ4n) is 3.66. The third kappa shape index (κ3) is 2.09. The maximum Gasteiger partial charge on any atom is 0.231 e. The second-order valence-corrected chi connectivity index (χ2v) is 5.80. The molecule has 0 saturated heterocycles. The lowest BCUT2D eigenvalue weighted by Gasteiger charge is -2.13. The quantitative estimate of drug-likeness (QED) is 0.938. The van der Waals surface area contributed by atoms with Gasteiger partial charge in [0.1, 0.15) is 0 Å². The van der Waals surface area contributed by atoms with E-state index in [2.05, 4.69) is 36.4 Å². The highest BCUT2D eigenvalue weighted by molar-refractivity contribution is 5.50. The van der Waals surface area contributed by atoms with Crippen molar-refractivity contribution < 1.29 is 9.47 Å². The molecule has 3 nitrogen and oxygen atoms in total. The van der Waals surface area contributed by atoms with Crippen LogP contribution in [0.15, 0.2) is 42.5 Å². The summed E-state index contributed by atoms with van der Waals surface area (Å²) in [6.07, 6.45) is 2.19. The maximum absolute atomic E-state index is 5.79. The van der Waals surface area contributed by atoms with E-state index >= 15 is 0 Å². The molecule has 2 aliphatic rings. The summed E-state index contributed by atoms with van der Waals surface area (Å²) in [5.41, 5.74) is 10.0. The third-order valence-corrected chi connectivity index (χ3v) is 4.65. The first-order chi connectivity index (χ1) is 10.4. The molecule has 108 valence electrons. The summed E-state index contributed by atoms with van der Waals surface area (Å²) in [4.78, 5) is 0. The predicted molar refractivity (Wildman–Crippen MR) is 81.9 cm³/mol. The first-order valence-corrected chi connectivity index (χ1v) is 7.55. The van der Waals surface area contributed by atoms with Gasteiger partial charge in [-0.05, 0) is 54.1 Å². The van der Waals surface area contributed by atoms with Gasteiger partial charge in [0.2, 0.25) is 6.79 Å². The van der Waals surface area contributed by atoms with Crippen molar-refractivity contribution in [2.24, 2.45) is 5.73 Å². The van der Waals surface area contributed by atoms with Crippen molar-refractivity contribution in [2.45, 2.75) is 24.7 Å². The van der Waals surface area contributed by atoms with Crippen LogP contribution in [0.3, 0.4) is 0 Å². The minimum Gasteiger partial charge on any atom is -0.454 e. The molecule has 0 fully saturated rings. The van der Waals surface area contributed by atoms with Gasteiger partial charge >= 0.3 is 0 Å². The number of fused-ring (bicyclic) bond motifs is 2. The van der Waals surface area contributed by atoms with E-state index in [1.54, 1.807) is 0 Å². The molecular formula is C18H19NO2. The van der Waals surface area contributed by atoms with E-state index in [-0.39, 0.29) is 0 Å². The Hall–Kier alpha value is -2.00. The summed E-state index contributed by atoms with van der Waals surface area (Å²) < 4.78 is 10.9. The van der Waals surface area contributed by atoms with Crippen LogP contribution in [0.25, 0.3) is 0 Å². The zero-order chi connectivity index (χ0) is 14.2. The van der Waals surface area contributed by atoms with Gasteiger partial charge in [-0.25, -0.2) is 0 Å². The average Bonchev–Trinajstić information content (AvgIpc) is 3.12. The summed E-state index contributed by atoms with van der Waals surface area (Å²) in [6, 6.07) is 15.1. The zero-order valence-corrected chi connectivity index (χ0v) is 11.9. The van der Waals surface area contributed by atoms with Crippen molar-refractivity contribution in [3.05, 3.63) is 59.2 Å². The van der Waals surface area contributed by atoms with Crippen molar-refractivity contribution in [3.8, 4) is 11.5 Å². The molecule has 2 aromatic rings. The molecule has 0 bridgehead atoms. The van der Waals surface area contributed by atoms with Gasteiger partial charge in [-0.2, -0.15) is 0 Å². The summed E-state index contributed by atoms with van der Waals surface area (Å²) >= 11 is 0. The SMILES string of the molecule is NCC[C@@H]1C[C@@H](c2ccc3c(c2)OCO3)c2ccccc21. The predicted octanol–water partition coefficient (Wildman–Crippen LogP) is 3.38. The van der Waals surface area contributed by atoms with Crippen LogP contribution >= 0.6 is 0 Å². The molecule has 1 aliphatic heterocycles. The molecule has 2 N–H and O–H groups in total. The molecule has 1 heterocycles. The van der Waals surface area contributed by atoms with Crippen molar-refractivity contribution in [1.29, 1.82) is 0 Å². The van der Waals surface area contributed by atoms with Crippen LogP contribution in [0.5, 0.6) is 11.5 Å². The summed E-state index contributed by atoms with van der Waals surface area (Å²) in [5.74, 6) is 2.73. The monoisotopic (exact) mass is 281 g/mol. The Labute approximate surface area is 124 Å². The first-order valence-electron chi connectivity index (χ1n) is 7.55. The lowest BCUT2D eigenvalue weighted by Crippen LogP contribution is -2.05. The molecule has 0 unspecified atom stereocenters. The molecular weight excluding hydrogens is 262 g/mol. The van der Waals surface area contributed by atoms with Gasteiger partial charge in [0, 0.05) is 5.92 Å². The van der Waals surface area contributed by atoms with Crippen molar-refractivity contribution in [3.63, 3.8) is 0 Å². The summed E-state index contributed by atoms with van der Waals surface area (Å²) in [6.45, 7) is 1.07. The van der Waals surface area contributed by atoms with E-state index in [1.165, 1.54) is 16.7 Å². The number of ether oxygens (including phenoxy) is 2. The number of benzene rings is 2. The van der Waals surface area contributed by atoms with E-state index < -0.39 is 0 Å². The normalized spacial score (nSPS) is 22.3. The van der Waals surface area contributed by atoms with Gasteiger partial charge in [-0.1, -0.05) is 30.3 Å². The van der Waals surface area contributed by atoms with Crippen LogP contribution in [0.1, 0.15) is 41.4 Å². The van der Waals surface area contributed by atoms with Crippen molar-refractivity contribution in [2.75, 3.05) is 13.3 Å². The topological polar surface area (TPSA) is 44.5 Å². The molecule has 2 atom stereocenters. The fourth-order valence-corrected chi connectivity index (χ4v) is 3.66. The Balaban J connectivity index is 1.73. The lowest BCUT2D eigenvalue weighted by atomic mass is 9.92.